The molecule has 1 amide bonds. The number of nitro benzene ring substituents is 1. The molecule has 6 nitrogen and oxygen atoms in total. The van der Waals surface area contributed by atoms with Crippen molar-refractivity contribution in [3.63, 3.8) is 0 Å². The molecule has 0 heterocycles. The number of aryl methyl sites for hydroxylation is 1. The summed E-state index contributed by atoms with van der Waals surface area (Å²) in [6.45, 7) is 3.66. The largest absolute Gasteiger partial charge is 0.319 e. The number of nitro groups is 1. The molecule has 0 spiro atoms. The Bertz CT molecular complexity index is 764. The molecule has 2 aromatic carbocycles. The van der Waals surface area contributed by atoms with Crippen LogP contribution in [0.25, 0.3) is 0 Å². The summed E-state index contributed by atoms with van der Waals surface area (Å²) in [4.78, 5) is 22.6. The van der Waals surface area contributed by atoms with Gasteiger partial charge in [0.05, 0.1) is 11.5 Å². The highest BCUT2D eigenvalue weighted by molar-refractivity contribution is 6.31. The van der Waals surface area contributed by atoms with E-state index in [4.69, 9.17) is 11.6 Å². The Morgan fingerprint density at radius 3 is 2.67 bits per heavy atom. The van der Waals surface area contributed by atoms with Gasteiger partial charge in [-0.15, -0.1) is 0 Å². The topological polar surface area (TPSA) is 84.3 Å². The molecule has 1 atom stereocenters. The van der Waals surface area contributed by atoms with E-state index >= 15 is 0 Å². The molecule has 7 heteroatoms. The summed E-state index contributed by atoms with van der Waals surface area (Å²) in [7, 11) is 0. The van der Waals surface area contributed by atoms with E-state index in [1.54, 1.807) is 19.1 Å². The lowest BCUT2D eigenvalue weighted by Gasteiger charge is -2.15. The first kappa shape index (κ1) is 17.9. The molecule has 0 bridgehead atoms. The molecule has 24 heavy (non-hydrogen) atoms. The van der Waals surface area contributed by atoms with E-state index < -0.39 is 4.92 Å². The van der Waals surface area contributed by atoms with Gasteiger partial charge in [0.25, 0.3) is 5.69 Å². The number of benzene rings is 2. The van der Waals surface area contributed by atoms with Gasteiger partial charge in [-0.3, -0.25) is 14.9 Å². The maximum atomic E-state index is 12.1. The monoisotopic (exact) mass is 347 g/mol. The second-order valence-corrected chi connectivity index (χ2v) is 5.86. The van der Waals surface area contributed by atoms with Gasteiger partial charge in [-0.05, 0) is 37.1 Å². The standard InChI is InChI=1S/C17H18ClN3O3/c1-11-7-8-15(16(9-11)21(23)24)20-17(22)10-19-12(2)13-5-3-4-6-14(13)18/h3-9,12,19H,10H2,1-2H3,(H,20,22). The fourth-order valence-corrected chi connectivity index (χ4v) is 2.57. The van der Waals surface area contributed by atoms with E-state index in [2.05, 4.69) is 10.6 Å². The lowest BCUT2D eigenvalue weighted by Crippen LogP contribution is -2.30. The van der Waals surface area contributed by atoms with Crippen molar-refractivity contribution in [1.29, 1.82) is 0 Å². The highest BCUT2D eigenvalue weighted by Gasteiger charge is 2.16. The van der Waals surface area contributed by atoms with Crippen molar-refractivity contribution in [2.45, 2.75) is 19.9 Å². The number of hydrogen-bond donors (Lipinski definition) is 2. The lowest BCUT2D eigenvalue weighted by molar-refractivity contribution is -0.384. The summed E-state index contributed by atoms with van der Waals surface area (Å²) in [6, 6.07) is 11.9. The van der Waals surface area contributed by atoms with Gasteiger partial charge >= 0.3 is 0 Å². The Kier molecular flexibility index (Phi) is 5.89. The molecule has 0 saturated carbocycles. The molecule has 0 radical (unpaired) electrons. The Morgan fingerprint density at radius 1 is 1.29 bits per heavy atom. The fraction of sp³-hybridized carbons (Fsp3) is 0.235. The normalized spacial score (nSPS) is 11.8. The van der Waals surface area contributed by atoms with Crippen LogP contribution >= 0.6 is 11.6 Å². The van der Waals surface area contributed by atoms with Crippen LogP contribution in [0.1, 0.15) is 24.1 Å². The van der Waals surface area contributed by atoms with Crippen LogP contribution in [0.3, 0.4) is 0 Å². The molecule has 0 saturated heterocycles. The van der Waals surface area contributed by atoms with Crippen LogP contribution in [0.4, 0.5) is 11.4 Å². The van der Waals surface area contributed by atoms with Crippen molar-refractivity contribution < 1.29 is 9.72 Å². The minimum atomic E-state index is -0.511. The third-order valence-corrected chi connectivity index (χ3v) is 3.91. The van der Waals surface area contributed by atoms with E-state index in [0.29, 0.717) is 5.02 Å². The van der Waals surface area contributed by atoms with E-state index in [1.807, 2.05) is 25.1 Å². The van der Waals surface area contributed by atoms with Gasteiger partial charge in [0.1, 0.15) is 5.69 Å². The number of halogens is 1. The molecular weight excluding hydrogens is 330 g/mol. The summed E-state index contributed by atoms with van der Waals surface area (Å²) in [5.74, 6) is -0.360. The van der Waals surface area contributed by atoms with E-state index in [-0.39, 0.29) is 29.9 Å². The number of carbonyl (C=O) groups excluding carboxylic acids is 1. The average Bonchev–Trinajstić information content (AvgIpc) is 2.54. The Morgan fingerprint density at radius 2 is 2.00 bits per heavy atom. The van der Waals surface area contributed by atoms with E-state index in [1.165, 1.54) is 12.1 Å². The summed E-state index contributed by atoms with van der Waals surface area (Å²) in [5, 5.41) is 17.3. The lowest BCUT2D eigenvalue weighted by atomic mass is 10.1. The Labute approximate surface area is 145 Å². The van der Waals surface area contributed by atoms with Crippen molar-refractivity contribution in [3.8, 4) is 0 Å². The van der Waals surface area contributed by atoms with Gasteiger partial charge < -0.3 is 10.6 Å². The number of carbonyl (C=O) groups is 1. The Balaban J connectivity index is 1.99. The molecule has 1 unspecified atom stereocenters. The van der Waals surface area contributed by atoms with Crippen molar-refractivity contribution in [2.24, 2.45) is 0 Å². The zero-order valence-electron chi connectivity index (χ0n) is 13.4. The molecule has 2 rings (SSSR count). The molecular formula is C17H18ClN3O3. The maximum Gasteiger partial charge on any atom is 0.293 e. The van der Waals surface area contributed by atoms with Gasteiger partial charge in [0.2, 0.25) is 5.91 Å². The SMILES string of the molecule is Cc1ccc(NC(=O)CNC(C)c2ccccc2Cl)c([N+](=O)[O-])c1. The fourth-order valence-electron chi connectivity index (χ4n) is 2.27. The molecule has 2 aromatic rings. The first-order valence-electron chi connectivity index (χ1n) is 7.41. The molecule has 126 valence electrons. The van der Waals surface area contributed by atoms with Crippen molar-refractivity contribution in [2.75, 3.05) is 11.9 Å². The third-order valence-electron chi connectivity index (χ3n) is 3.56. The van der Waals surface area contributed by atoms with Gasteiger partial charge in [-0.1, -0.05) is 35.9 Å². The number of anilines is 1. The maximum absolute atomic E-state index is 12.1. The predicted octanol–water partition coefficient (Wildman–Crippen LogP) is 3.85. The minimum Gasteiger partial charge on any atom is -0.319 e. The predicted molar refractivity (Wildman–Crippen MR) is 94.3 cm³/mol. The number of rotatable bonds is 6. The van der Waals surface area contributed by atoms with Crippen molar-refractivity contribution in [1.82, 2.24) is 5.32 Å². The quantitative estimate of drug-likeness (QED) is 0.614. The van der Waals surface area contributed by atoms with Crippen LogP contribution in [-0.2, 0) is 4.79 Å². The third kappa shape index (κ3) is 4.53. The van der Waals surface area contributed by atoms with Crippen molar-refractivity contribution in [3.05, 3.63) is 68.7 Å². The first-order chi connectivity index (χ1) is 11.4. The highest BCUT2D eigenvalue weighted by Crippen LogP contribution is 2.25. The van der Waals surface area contributed by atoms with Crippen molar-refractivity contribution >= 4 is 28.9 Å². The summed E-state index contributed by atoms with van der Waals surface area (Å²) in [5.41, 5.74) is 1.70. The molecule has 2 N–H and O–H groups in total. The zero-order valence-corrected chi connectivity index (χ0v) is 14.1. The van der Waals surface area contributed by atoms with E-state index in [0.717, 1.165) is 11.1 Å². The number of amides is 1. The summed E-state index contributed by atoms with van der Waals surface area (Å²) in [6.07, 6.45) is 0. The van der Waals surface area contributed by atoms with Gasteiger partial charge in [0.15, 0.2) is 0 Å². The summed E-state index contributed by atoms with van der Waals surface area (Å²) < 4.78 is 0. The van der Waals surface area contributed by atoms with Gasteiger partial charge in [-0.25, -0.2) is 0 Å². The zero-order chi connectivity index (χ0) is 17.7. The molecule has 0 aliphatic heterocycles. The van der Waals surface area contributed by atoms with E-state index in [9.17, 15) is 14.9 Å². The highest BCUT2D eigenvalue weighted by atomic mass is 35.5. The first-order valence-corrected chi connectivity index (χ1v) is 7.79. The van der Waals surface area contributed by atoms with Crippen LogP contribution in [0.2, 0.25) is 5.02 Å². The number of hydrogen-bond acceptors (Lipinski definition) is 4. The minimum absolute atomic E-state index is 0.0113. The molecule has 0 fully saturated rings. The van der Waals surface area contributed by atoms with Gasteiger partial charge in [-0.2, -0.15) is 0 Å². The smallest absolute Gasteiger partial charge is 0.293 e. The van der Waals surface area contributed by atoms with Crippen LogP contribution in [0.5, 0.6) is 0 Å². The summed E-state index contributed by atoms with van der Waals surface area (Å²) >= 11 is 6.12. The van der Waals surface area contributed by atoms with Crippen LogP contribution in [-0.4, -0.2) is 17.4 Å². The second-order valence-electron chi connectivity index (χ2n) is 5.45. The second kappa shape index (κ2) is 7.90. The number of nitrogens with one attached hydrogen (secondary N) is 2. The van der Waals surface area contributed by atoms with Crippen LogP contribution in [0, 0.1) is 17.0 Å². The molecule has 0 aliphatic rings. The number of nitrogens with zero attached hydrogens (tertiary/aromatic N) is 1. The van der Waals surface area contributed by atoms with Crippen LogP contribution < -0.4 is 10.6 Å². The Hall–Kier alpha value is -2.44. The molecule has 0 aromatic heterocycles. The van der Waals surface area contributed by atoms with Crippen LogP contribution in [0.15, 0.2) is 42.5 Å². The average molecular weight is 348 g/mol. The van der Waals surface area contributed by atoms with Gasteiger partial charge in [0, 0.05) is 17.1 Å². The molecule has 0 aliphatic carbocycles.